The Morgan fingerprint density at radius 2 is 1.41 bits per heavy atom. The van der Waals surface area contributed by atoms with Crippen molar-refractivity contribution >= 4 is 24.5 Å². The molecule has 8 heteroatoms. The Hall–Kier alpha value is -4.43. The minimum Gasteiger partial charge on any atom is -0.504 e. The number of carbonyl (C=O) groups excluding carboxylic acids is 1. The molecule has 4 rings (SSSR count). The summed E-state index contributed by atoms with van der Waals surface area (Å²) in [5, 5.41) is 56.4. The summed E-state index contributed by atoms with van der Waals surface area (Å²) in [6.07, 6.45) is 7.63. The summed E-state index contributed by atoms with van der Waals surface area (Å²) in [7, 11) is 0. The van der Waals surface area contributed by atoms with Crippen LogP contribution in [0.3, 0.4) is 0 Å². The van der Waals surface area contributed by atoms with E-state index in [1.165, 1.54) is 42.5 Å². The van der Waals surface area contributed by atoms with E-state index in [0.717, 1.165) is 18.6 Å². The number of epoxide rings is 1. The highest BCUT2D eigenvalue weighted by molar-refractivity contribution is 5.83. The second-order valence-corrected chi connectivity index (χ2v) is 7.50. The van der Waals surface area contributed by atoms with Gasteiger partial charge in [-0.2, -0.15) is 0 Å². The van der Waals surface area contributed by atoms with Gasteiger partial charge in [-0.15, -0.1) is 0 Å². The van der Waals surface area contributed by atoms with E-state index in [1.807, 2.05) is 0 Å². The molecule has 1 saturated heterocycles. The van der Waals surface area contributed by atoms with Crippen LogP contribution >= 0.6 is 0 Å². The molecule has 3 aromatic rings. The van der Waals surface area contributed by atoms with Gasteiger partial charge in [-0.05, 0) is 59.2 Å². The molecule has 0 aliphatic carbocycles. The number of allylic oxidation sites excluding steroid dienone is 1. The van der Waals surface area contributed by atoms with Crippen molar-refractivity contribution in [1.29, 1.82) is 0 Å². The van der Waals surface area contributed by atoms with Crippen molar-refractivity contribution in [1.82, 2.24) is 0 Å². The monoisotopic (exact) mass is 464 g/mol. The molecule has 6 N–H and O–H groups in total. The van der Waals surface area contributed by atoms with E-state index < -0.39 is 0 Å². The number of aromatic hydroxyl groups is 6. The van der Waals surface area contributed by atoms with Gasteiger partial charge in [-0.1, -0.05) is 30.4 Å². The van der Waals surface area contributed by atoms with Gasteiger partial charge < -0.3 is 35.4 Å². The second kappa shape index (κ2) is 10.9. The van der Waals surface area contributed by atoms with Crippen molar-refractivity contribution < 1.29 is 40.2 Å². The molecule has 0 radical (unpaired) electrons. The van der Waals surface area contributed by atoms with Crippen molar-refractivity contribution in [3.63, 3.8) is 0 Å². The molecule has 1 heterocycles. The first-order valence-corrected chi connectivity index (χ1v) is 10.3. The quantitative estimate of drug-likeness (QED) is 0.106. The fourth-order valence-electron chi connectivity index (χ4n) is 3.04. The molecule has 176 valence electrons. The molecule has 1 fully saturated rings. The van der Waals surface area contributed by atoms with Crippen LogP contribution in [0.1, 0.15) is 22.3 Å². The molecule has 1 unspecified atom stereocenters. The molecular formula is C26H24O8. The van der Waals surface area contributed by atoms with Crippen LogP contribution in [-0.2, 0) is 16.0 Å². The smallest absolute Gasteiger partial charge is 0.165 e. The van der Waals surface area contributed by atoms with E-state index in [4.69, 9.17) is 14.9 Å². The third kappa shape index (κ3) is 6.54. The minimum absolute atomic E-state index is 0.0619. The number of aldehydes is 1. The number of ether oxygens (including phenoxy) is 1. The van der Waals surface area contributed by atoms with E-state index in [9.17, 15) is 25.2 Å². The lowest BCUT2D eigenvalue weighted by Gasteiger charge is -2.06. The van der Waals surface area contributed by atoms with Gasteiger partial charge in [0.05, 0.1) is 12.7 Å². The summed E-state index contributed by atoms with van der Waals surface area (Å²) in [5.74, 6) is -1.22. The molecule has 3 aromatic carbocycles. The molecule has 0 bridgehead atoms. The van der Waals surface area contributed by atoms with Gasteiger partial charge >= 0.3 is 0 Å². The van der Waals surface area contributed by atoms with E-state index >= 15 is 0 Å². The number of rotatable bonds is 6. The summed E-state index contributed by atoms with van der Waals surface area (Å²) >= 11 is 0. The van der Waals surface area contributed by atoms with Gasteiger partial charge in [0, 0.05) is 12.0 Å². The fourth-order valence-corrected chi connectivity index (χ4v) is 3.04. The second-order valence-electron chi connectivity index (χ2n) is 7.50. The zero-order valence-electron chi connectivity index (χ0n) is 18.0. The summed E-state index contributed by atoms with van der Waals surface area (Å²) < 4.78 is 5.04. The molecular weight excluding hydrogens is 440 g/mol. The van der Waals surface area contributed by atoms with Crippen LogP contribution in [0.5, 0.6) is 34.5 Å². The maximum atomic E-state index is 10.4. The van der Waals surface area contributed by atoms with Gasteiger partial charge in [0.1, 0.15) is 6.29 Å². The average molecular weight is 464 g/mol. The molecule has 0 saturated carbocycles. The van der Waals surface area contributed by atoms with Crippen LogP contribution in [0, 0.1) is 0 Å². The predicted molar refractivity (Wildman–Crippen MR) is 127 cm³/mol. The standard InChI is InChI=1S/C17H14O5.C9H10O3/c18-9-1-2-12-5-8-15(20)17(22)13(12)6-3-11-4-7-14(19)16(21)10-11;10-8-2-1-6(4-9(8)11)3-7-5-12-7/h1-10,19-22H;1-2,4,7,10-11H,3,5H2/b2-1+,6-3+;. The van der Waals surface area contributed by atoms with Gasteiger partial charge in [0.25, 0.3) is 0 Å². The summed E-state index contributed by atoms with van der Waals surface area (Å²) in [4.78, 5) is 10.4. The van der Waals surface area contributed by atoms with Gasteiger partial charge in [0.2, 0.25) is 0 Å². The number of hydrogen-bond donors (Lipinski definition) is 6. The predicted octanol–water partition coefficient (Wildman–Crippen LogP) is 3.93. The van der Waals surface area contributed by atoms with Crippen LogP contribution < -0.4 is 0 Å². The summed E-state index contributed by atoms with van der Waals surface area (Å²) in [6.45, 7) is 0.807. The van der Waals surface area contributed by atoms with Crippen molar-refractivity contribution in [3.8, 4) is 34.5 Å². The summed E-state index contributed by atoms with van der Waals surface area (Å²) in [6, 6.07) is 12.0. The topological polar surface area (TPSA) is 151 Å². The van der Waals surface area contributed by atoms with Crippen molar-refractivity contribution in [2.24, 2.45) is 0 Å². The van der Waals surface area contributed by atoms with E-state index in [-0.39, 0.29) is 34.5 Å². The van der Waals surface area contributed by atoms with E-state index in [2.05, 4.69) is 0 Å². The minimum atomic E-state index is -0.313. The zero-order chi connectivity index (χ0) is 24.7. The Kier molecular flexibility index (Phi) is 7.79. The third-order valence-electron chi connectivity index (χ3n) is 4.93. The number of benzene rings is 3. The van der Waals surface area contributed by atoms with E-state index in [0.29, 0.717) is 29.1 Å². The Balaban J connectivity index is 0.000000226. The normalized spacial score (nSPS) is 14.6. The molecule has 0 amide bonds. The highest BCUT2D eigenvalue weighted by atomic mass is 16.6. The first-order chi connectivity index (χ1) is 16.3. The molecule has 1 atom stereocenters. The zero-order valence-corrected chi connectivity index (χ0v) is 18.0. The van der Waals surface area contributed by atoms with E-state index in [1.54, 1.807) is 30.3 Å². The number of phenolic OH excluding ortho intramolecular Hbond substituents is 6. The first-order valence-electron chi connectivity index (χ1n) is 10.3. The largest absolute Gasteiger partial charge is 0.504 e. The van der Waals surface area contributed by atoms with Gasteiger partial charge in [0.15, 0.2) is 34.5 Å². The number of hydrogen-bond acceptors (Lipinski definition) is 8. The van der Waals surface area contributed by atoms with Crippen molar-refractivity contribution in [2.45, 2.75) is 12.5 Å². The lowest BCUT2D eigenvalue weighted by Crippen LogP contribution is -1.91. The average Bonchev–Trinajstić information content (AvgIpc) is 3.63. The molecule has 34 heavy (non-hydrogen) atoms. The Morgan fingerprint density at radius 3 is 2.03 bits per heavy atom. The molecule has 0 spiro atoms. The highest BCUT2D eigenvalue weighted by Crippen LogP contribution is 2.34. The van der Waals surface area contributed by atoms with Gasteiger partial charge in [-0.3, -0.25) is 4.79 Å². The molecule has 8 nitrogen and oxygen atoms in total. The van der Waals surface area contributed by atoms with Crippen LogP contribution in [0.4, 0.5) is 0 Å². The molecule has 1 aliphatic heterocycles. The Bertz CT molecular complexity index is 1230. The van der Waals surface area contributed by atoms with Gasteiger partial charge in [-0.25, -0.2) is 0 Å². The maximum Gasteiger partial charge on any atom is 0.165 e. The van der Waals surface area contributed by atoms with Crippen LogP contribution in [-0.4, -0.2) is 49.6 Å². The van der Waals surface area contributed by atoms with Crippen molar-refractivity contribution in [2.75, 3.05) is 6.61 Å². The van der Waals surface area contributed by atoms with Crippen molar-refractivity contribution in [3.05, 3.63) is 76.9 Å². The van der Waals surface area contributed by atoms with Crippen LogP contribution in [0.15, 0.2) is 54.6 Å². The third-order valence-corrected chi connectivity index (χ3v) is 4.93. The van der Waals surface area contributed by atoms with Crippen LogP contribution in [0.25, 0.3) is 18.2 Å². The molecule has 1 aliphatic rings. The lowest BCUT2D eigenvalue weighted by atomic mass is 10.0. The van der Waals surface area contributed by atoms with Crippen LogP contribution in [0.2, 0.25) is 0 Å². The number of phenols is 6. The SMILES string of the molecule is O=C/C=C/c1ccc(O)c(O)c1/C=C/c1ccc(O)c(O)c1.Oc1ccc(CC2CO2)cc1O. The summed E-state index contributed by atoms with van der Waals surface area (Å²) in [5.41, 5.74) is 2.45. The molecule has 0 aromatic heterocycles. The maximum absolute atomic E-state index is 10.4. The fraction of sp³-hybridized carbons (Fsp3) is 0.115. The number of carbonyl (C=O) groups is 1. The highest BCUT2D eigenvalue weighted by Gasteiger charge is 2.22. The Morgan fingerprint density at radius 1 is 0.765 bits per heavy atom. The lowest BCUT2D eigenvalue weighted by molar-refractivity contribution is -0.104. The first kappa shape index (κ1) is 24.2. The Labute approximate surface area is 195 Å².